The molecule has 0 amide bonds. The summed E-state index contributed by atoms with van der Waals surface area (Å²) < 4.78 is 12.0. The van der Waals surface area contributed by atoms with E-state index in [0.717, 1.165) is 5.56 Å². The molecular formula is C20H32O3Si. The number of ether oxygens (including phenoxy) is 2. The smallest absolute Gasteiger partial charge is 0.303 e. The van der Waals surface area contributed by atoms with Gasteiger partial charge in [0.2, 0.25) is 0 Å². The van der Waals surface area contributed by atoms with Crippen LogP contribution in [0.5, 0.6) is 0 Å². The first-order valence-electron chi connectivity index (χ1n) is 8.51. The molecule has 0 heterocycles. The first-order valence-corrected chi connectivity index (χ1v) is 11.2. The van der Waals surface area contributed by atoms with E-state index in [1.54, 1.807) is 0 Å². The molecule has 1 aromatic rings. The Morgan fingerprint density at radius 2 is 1.75 bits per heavy atom. The molecule has 0 fully saturated rings. The van der Waals surface area contributed by atoms with Gasteiger partial charge in [-0.15, -0.1) is 0 Å². The summed E-state index contributed by atoms with van der Waals surface area (Å²) in [5, 5.41) is -0.601. The van der Waals surface area contributed by atoms with Crippen molar-refractivity contribution in [3.05, 3.63) is 48.0 Å². The summed E-state index contributed by atoms with van der Waals surface area (Å²) in [4.78, 5) is 11.7. The van der Waals surface area contributed by atoms with Crippen molar-refractivity contribution in [2.45, 2.75) is 65.0 Å². The van der Waals surface area contributed by atoms with Crippen molar-refractivity contribution in [1.82, 2.24) is 0 Å². The fourth-order valence-corrected chi connectivity index (χ4v) is 6.62. The fraction of sp³-hybridized carbons (Fsp3) is 0.550. The number of hydrogen-bond donors (Lipinski definition) is 0. The number of benzene rings is 1. The van der Waals surface area contributed by atoms with Crippen LogP contribution in [0.3, 0.4) is 0 Å². The highest BCUT2D eigenvalue weighted by Gasteiger charge is 2.55. The normalized spacial score (nSPS) is 17.3. The van der Waals surface area contributed by atoms with Gasteiger partial charge in [-0.1, -0.05) is 63.7 Å². The number of hydrogen-bond acceptors (Lipinski definition) is 3. The molecule has 134 valence electrons. The molecule has 1 aromatic carbocycles. The van der Waals surface area contributed by atoms with Crippen molar-refractivity contribution >= 4 is 14.0 Å². The standard InChI is InChI=1S/C20H32O3Si/c1-8-14-20(6,23-17(2)21)24(7,19(3,4)5)16-22-15-18-12-10-9-11-13-18/h8-14H,15-16H2,1-7H3/b14-8+/t20-,24-/m1/s1. The largest absolute Gasteiger partial charge is 0.459 e. The van der Waals surface area contributed by atoms with Crippen LogP contribution in [0.15, 0.2) is 42.5 Å². The highest BCUT2D eigenvalue weighted by atomic mass is 28.3. The van der Waals surface area contributed by atoms with Gasteiger partial charge in [0.15, 0.2) is 0 Å². The van der Waals surface area contributed by atoms with Gasteiger partial charge >= 0.3 is 5.97 Å². The lowest BCUT2D eigenvalue weighted by Gasteiger charge is -2.49. The maximum Gasteiger partial charge on any atom is 0.303 e. The molecule has 1 rings (SSSR count). The second kappa shape index (κ2) is 8.12. The van der Waals surface area contributed by atoms with Gasteiger partial charge < -0.3 is 9.47 Å². The van der Waals surface area contributed by atoms with Gasteiger partial charge in [0.1, 0.15) is 13.3 Å². The second-order valence-corrected chi connectivity index (χ2v) is 13.2. The Morgan fingerprint density at radius 3 is 2.21 bits per heavy atom. The average Bonchev–Trinajstić information content (AvgIpc) is 2.46. The molecule has 0 aliphatic heterocycles. The zero-order chi connectivity index (χ0) is 18.4. The quantitative estimate of drug-likeness (QED) is 0.392. The number of carbonyl (C=O) groups is 1. The fourth-order valence-electron chi connectivity index (χ4n) is 3.00. The molecule has 0 saturated heterocycles. The first kappa shape index (κ1) is 20.7. The zero-order valence-corrected chi connectivity index (χ0v) is 17.2. The lowest BCUT2D eigenvalue weighted by atomic mass is 10.2. The van der Waals surface area contributed by atoms with Crippen LogP contribution in [-0.4, -0.2) is 25.5 Å². The Bertz CT molecular complexity index is 562. The minimum atomic E-state index is -2.19. The van der Waals surface area contributed by atoms with Crippen LogP contribution in [0.1, 0.15) is 47.1 Å². The summed E-state index contributed by atoms with van der Waals surface area (Å²) in [6, 6.07) is 10.2. The molecule has 3 nitrogen and oxygen atoms in total. The molecule has 0 aromatic heterocycles. The van der Waals surface area contributed by atoms with E-state index in [1.165, 1.54) is 6.92 Å². The van der Waals surface area contributed by atoms with Gasteiger partial charge in [0.05, 0.1) is 6.61 Å². The van der Waals surface area contributed by atoms with Crippen LogP contribution in [0.25, 0.3) is 0 Å². The Hall–Kier alpha value is -1.39. The van der Waals surface area contributed by atoms with Crippen LogP contribution in [0.2, 0.25) is 11.6 Å². The summed E-state index contributed by atoms with van der Waals surface area (Å²) in [5.74, 6) is -0.248. The lowest BCUT2D eigenvalue weighted by molar-refractivity contribution is -0.146. The van der Waals surface area contributed by atoms with Crippen LogP contribution in [0.4, 0.5) is 0 Å². The van der Waals surface area contributed by atoms with Crippen molar-refractivity contribution in [1.29, 1.82) is 0 Å². The molecule has 0 unspecified atom stereocenters. The molecule has 0 aliphatic rings. The Labute approximate surface area is 148 Å². The van der Waals surface area contributed by atoms with Gasteiger partial charge in [-0.25, -0.2) is 0 Å². The topological polar surface area (TPSA) is 35.5 Å². The molecule has 2 atom stereocenters. The summed E-state index contributed by atoms with van der Waals surface area (Å²) in [6.07, 6.45) is 4.62. The zero-order valence-electron chi connectivity index (χ0n) is 16.2. The molecule has 0 N–H and O–H groups in total. The third-order valence-electron chi connectivity index (χ3n) is 5.09. The van der Waals surface area contributed by atoms with Gasteiger partial charge in [-0.3, -0.25) is 4.79 Å². The van der Waals surface area contributed by atoms with Crippen LogP contribution in [0, 0.1) is 0 Å². The highest BCUT2D eigenvalue weighted by Crippen LogP contribution is 2.45. The third kappa shape index (κ3) is 4.80. The van der Waals surface area contributed by atoms with E-state index in [-0.39, 0.29) is 11.0 Å². The van der Waals surface area contributed by atoms with E-state index in [4.69, 9.17) is 9.47 Å². The molecule has 0 radical (unpaired) electrons. The SMILES string of the molecule is C/C=C/[C@](C)(OC(C)=O)[Si@](C)(COCc1ccccc1)C(C)(C)C. The average molecular weight is 349 g/mol. The van der Waals surface area contributed by atoms with E-state index < -0.39 is 13.3 Å². The summed E-state index contributed by atoms with van der Waals surface area (Å²) in [5.41, 5.74) is 1.16. The minimum absolute atomic E-state index is 0.00734. The molecule has 4 heteroatoms. The number of carbonyl (C=O) groups excluding carboxylic acids is 1. The van der Waals surface area contributed by atoms with Crippen molar-refractivity contribution in [2.75, 3.05) is 6.23 Å². The molecule has 0 bridgehead atoms. The molecule has 24 heavy (non-hydrogen) atoms. The maximum absolute atomic E-state index is 11.7. The van der Waals surface area contributed by atoms with Crippen LogP contribution in [-0.2, 0) is 20.9 Å². The number of allylic oxidation sites excluding steroid dienone is 1. The second-order valence-electron chi connectivity index (χ2n) is 7.76. The Morgan fingerprint density at radius 1 is 1.17 bits per heavy atom. The highest BCUT2D eigenvalue weighted by molar-refractivity contribution is 6.84. The van der Waals surface area contributed by atoms with Crippen molar-refractivity contribution in [2.24, 2.45) is 0 Å². The van der Waals surface area contributed by atoms with Gasteiger partial charge in [-0.05, 0) is 30.5 Å². The summed E-state index contributed by atoms with van der Waals surface area (Å²) in [7, 11) is -2.19. The van der Waals surface area contributed by atoms with E-state index in [1.807, 2.05) is 44.2 Å². The van der Waals surface area contributed by atoms with Crippen LogP contribution < -0.4 is 0 Å². The minimum Gasteiger partial charge on any atom is -0.459 e. The van der Waals surface area contributed by atoms with Gasteiger partial charge in [-0.2, -0.15) is 0 Å². The molecule has 0 spiro atoms. The summed E-state index contributed by atoms with van der Waals surface area (Å²) >= 11 is 0. The number of esters is 1. The Kier molecular flexibility index (Phi) is 6.99. The van der Waals surface area contributed by atoms with Crippen molar-refractivity contribution < 1.29 is 14.3 Å². The monoisotopic (exact) mass is 348 g/mol. The third-order valence-corrected chi connectivity index (χ3v) is 11.6. The van der Waals surface area contributed by atoms with E-state index in [2.05, 4.69) is 39.5 Å². The molecule has 0 aliphatic carbocycles. The van der Waals surface area contributed by atoms with Crippen molar-refractivity contribution in [3.63, 3.8) is 0 Å². The van der Waals surface area contributed by atoms with E-state index in [0.29, 0.717) is 12.8 Å². The predicted octanol–water partition coefficient (Wildman–Crippen LogP) is 5.06. The van der Waals surface area contributed by atoms with Crippen molar-refractivity contribution in [3.8, 4) is 0 Å². The lowest BCUT2D eigenvalue weighted by Crippen LogP contribution is -2.64. The Balaban J connectivity index is 3.05. The number of rotatable bonds is 7. The molecule has 0 saturated carbocycles. The summed E-state index contributed by atoms with van der Waals surface area (Å²) in [6.45, 7) is 15.0. The van der Waals surface area contributed by atoms with Gasteiger partial charge in [0.25, 0.3) is 0 Å². The molecular weight excluding hydrogens is 316 g/mol. The maximum atomic E-state index is 11.7. The van der Waals surface area contributed by atoms with Crippen LogP contribution >= 0.6 is 0 Å². The first-order chi connectivity index (χ1) is 11.1. The van der Waals surface area contributed by atoms with E-state index in [9.17, 15) is 4.79 Å². The predicted molar refractivity (Wildman–Crippen MR) is 102 cm³/mol. The van der Waals surface area contributed by atoms with Gasteiger partial charge in [0, 0.05) is 13.2 Å². The van der Waals surface area contributed by atoms with E-state index >= 15 is 0 Å².